The molecule has 1 unspecified atom stereocenters. The largest absolute Gasteiger partial charge is 0.497 e. The highest BCUT2D eigenvalue weighted by Crippen LogP contribution is 2.44. The van der Waals surface area contributed by atoms with Gasteiger partial charge in [-0.3, -0.25) is 4.57 Å². The van der Waals surface area contributed by atoms with Gasteiger partial charge >= 0.3 is 0 Å². The summed E-state index contributed by atoms with van der Waals surface area (Å²) in [6, 6.07) is 15.6. The molecule has 154 valence electrons. The molecule has 2 aromatic carbocycles. The summed E-state index contributed by atoms with van der Waals surface area (Å²) in [7, 11) is -2.31. The molecule has 28 heavy (non-hydrogen) atoms. The van der Waals surface area contributed by atoms with E-state index in [1.807, 2.05) is 44.2 Å². The van der Waals surface area contributed by atoms with Gasteiger partial charge in [-0.25, -0.2) is 4.67 Å². The van der Waals surface area contributed by atoms with Crippen LogP contribution >= 0.6 is 7.52 Å². The highest BCUT2D eigenvalue weighted by Gasteiger charge is 2.33. The van der Waals surface area contributed by atoms with Crippen LogP contribution in [-0.2, 0) is 11.0 Å². The maximum Gasteiger partial charge on any atom is 0.299 e. The van der Waals surface area contributed by atoms with Crippen LogP contribution in [0.25, 0.3) is 0 Å². The quantitative estimate of drug-likeness (QED) is 0.525. The average Bonchev–Trinajstić information content (AvgIpc) is 2.67. The molecule has 7 heteroatoms. The van der Waals surface area contributed by atoms with E-state index < -0.39 is 19.7 Å². The Balaban J connectivity index is 2.15. The highest BCUT2D eigenvalue weighted by atomic mass is 31.2. The Morgan fingerprint density at radius 3 is 2.21 bits per heavy atom. The Kier molecular flexibility index (Phi) is 8.23. The van der Waals surface area contributed by atoms with Gasteiger partial charge in [-0.15, -0.1) is 0 Å². The van der Waals surface area contributed by atoms with E-state index in [9.17, 15) is 14.6 Å². The van der Waals surface area contributed by atoms with E-state index in [4.69, 9.17) is 10.5 Å². The molecule has 6 nitrogen and oxygen atoms in total. The lowest BCUT2D eigenvalue weighted by atomic mass is 10.0. The molecule has 0 bridgehead atoms. The molecular weight excluding hydrogens is 375 g/mol. The van der Waals surface area contributed by atoms with E-state index in [0.29, 0.717) is 24.0 Å². The minimum absolute atomic E-state index is 0.0198. The fraction of sp³-hybridized carbons (Fsp3) is 0.429. The lowest BCUT2D eigenvalue weighted by Gasteiger charge is -2.32. The van der Waals surface area contributed by atoms with Crippen molar-refractivity contribution in [1.29, 1.82) is 0 Å². The second-order valence-electron chi connectivity index (χ2n) is 7.43. The van der Waals surface area contributed by atoms with Crippen LogP contribution in [0.1, 0.15) is 19.4 Å². The Morgan fingerprint density at radius 2 is 1.68 bits per heavy atom. The van der Waals surface area contributed by atoms with E-state index in [1.165, 1.54) is 4.67 Å². The number of nitrogens with two attached hydrogens (primary N) is 1. The van der Waals surface area contributed by atoms with Crippen molar-refractivity contribution in [3.8, 4) is 5.75 Å². The lowest BCUT2D eigenvalue weighted by Crippen LogP contribution is -2.45. The first-order chi connectivity index (χ1) is 13.2. The Labute approximate surface area is 167 Å². The minimum atomic E-state index is -3.85. The van der Waals surface area contributed by atoms with E-state index >= 15 is 0 Å². The zero-order valence-electron chi connectivity index (χ0n) is 16.7. The first-order valence-corrected chi connectivity index (χ1v) is 11.1. The number of rotatable bonds is 10. The number of benzene rings is 2. The number of aliphatic hydroxyl groups is 1. The maximum atomic E-state index is 13.3. The molecule has 0 saturated heterocycles. The van der Waals surface area contributed by atoms with Gasteiger partial charge in [-0.1, -0.05) is 44.2 Å². The summed E-state index contributed by atoms with van der Waals surface area (Å²) < 4.78 is 19.8. The van der Waals surface area contributed by atoms with Crippen molar-refractivity contribution in [2.45, 2.75) is 32.4 Å². The van der Waals surface area contributed by atoms with Crippen molar-refractivity contribution in [3.05, 3.63) is 60.2 Å². The minimum Gasteiger partial charge on any atom is -0.497 e. The molecule has 3 atom stereocenters. The zero-order chi connectivity index (χ0) is 20.7. The van der Waals surface area contributed by atoms with Crippen LogP contribution in [0, 0.1) is 5.92 Å². The van der Waals surface area contributed by atoms with Crippen molar-refractivity contribution >= 4 is 12.8 Å². The summed E-state index contributed by atoms with van der Waals surface area (Å²) in [4.78, 5) is 10.9. The van der Waals surface area contributed by atoms with Crippen LogP contribution in [0.4, 0.5) is 0 Å². The highest BCUT2D eigenvalue weighted by molar-refractivity contribution is 7.63. The summed E-state index contributed by atoms with van der Waals surface area (Å²) in [5.74, 6) is 0.764. The molecule has 0 amide bonds. The molecule has 2 rings (SSSR count). The van der Waals surface area contributed by atoms with Crippen LogP contribution in [0.2, 0.25) is 0 Å². The number of hydrogen-bond acceptors (Lipinski definition) is 4. The third-order valence-corrected chi connectivity index (χ3v) is 6.64. The standard InChI is InChI=1S/C21H31N2O4P/c1-16(2)14-23(28(25,26)19-11-9-18(27-3)10-12-19)15-21(24)20(22)13-17-7-5-4-6-8-17/h4-12,16,20-21,24H,13-15,22H2,1-3H3,(H,25,26)/t20-,21+/m0/s1. The molecule has 0 heterocycles. The second kappa shape index (κ2) is 10.2. The smallest absolute Gasteiger partial charge is 0.299 e. The van der Waals surface area contributed by atoms with Crippen molar-refractivity contribution in [3.63, 3.8) is 0 Å². The maximum absolute atomic E-state index is 13.3. The van der Waals surface area contributed by atoms with Gasteiger partial charge in [0.25, 0.3) is 7.52 Å². The molecule has 2 aromatic rings. The first-order valence-electron chi connectivity index (χ1n) is 9.44. The third kappa shape index (κ3) is 6.16. The van der Waals surface area contributed by atoms with Gasteiger partial charge in [-0.2, -0.15) is 0 Å². The number of methoxy groups -OCH3 is 1. The topological polar surface area (TPSA) is 96.0 Å². The van der Waals surface area contributed by atoms with Crippen molar-refractivity contribution in [2.75, 3.05) is 20.2 Å². The first kappa shape index (κ1) is 22.6. The molecule has 0 aromatic heterocycles. The van der Waals surface area contributed by atoms with E-state index in [1.54, 1.807) is 31.4 Å². The van der Waals surface area contributed by atoms with Crippen molar-refractivity contribution < 1.29 is 19.3 Å². The van der Waals surface area contributed by atoms with E-state index in [0.717, 1.165) is 5.56 Å². The molecule has 0 aliphatic heterocycles. The number of hydrogen-bond donors (Lipinski definition) is 3. The van der Waals surface area contributed by atoms with Crippen molar-refractivity contribution in [2.24, 2.45) is 11.7 Å². The van der Waals surface area contributed by atoms with Crippen LogP contribution in [-0.4, -0.2) is 47.0 Å². The zero-order valence-corrected chi connectivity index (χ0v) is 17.6. The van der Waals surface area contributed by atoms with E-state index in [-0.39, 0.29) is 12.5 Å². The van der Waals surface area contributed by atoms with Gasteiger partial charge in [0, 0.05) is 19.1 Å². The summed E-state index contributed by atoms with van der Waals surface area (Å²) in [5.41, 5.74) is 7.20. The Morgan fingerprint density at radius 1 is 1.07 bits per heavy atom. The Hall–Kier alpha value is -1.69. The fourth-order valence-electron chi connectivity index (χ4n) is 3.03. The molecule has 4 N–H and O–H groups in total. The van der Waals surface area contributed by atoms with Gasteiger partial charge in [0.1, 0.15) is 5.75 Å². The second-order valence-corrected chi connectivity index (χ2v) is 9.60. The van der Waals surface area contributed by atoms with Crippen LogP contribution < -0.4 is 15.8 Å². The molecule has 0 aliphatic carbocycles. The van der Waals surface area contributed by atoms with Gasteiger partial charge in [0.2, 0.25) is 0 Å². The monoisotopic (exact) mass is 406 g/mol. The predicted octanol–water partition coefficient (Wildman–Crippen LogP) is 2.39. The SMILES string of the molecule is COc1ccc(P(=O)(O)N(CC(C)C)C[C@@H](O)[C@@H](N)Cc2ccccc2)cc1. The Bertz CT molecular complexity index is 768. The molecule has 0 radical (unpaired) electrons. The van der Waals surface area contributed by atoms with Gasteiger partial charge in [0.15, 0.2) is 0 Å². The van der Waals surface area contributed by atoms with Gasteiger partial charge in [0.05, 0.1) is 18.5 Å². The average molecular weight is 406 g/mol. The van der Waals surface area contributed by atoms with Gasteiger partial charge in [-0.05, 0) is 42.2 Å². The number of nitrogens with zero attached hydrogens (tertiary/aromatic N) is 1. The summed E-state index contributed by atoms with van der Waals surface area (Å²) in [5, 5.41) is 10.9. The third-order valence-electron chi connectivity index (χ3n) is 4.57. The van der Waals surface area contributed by atoms with E-state index in [2.05, 4.69) is 0 Å². The molecule has 0 spiro atoms. The summed E-state index contributed by atoms with van der Waals surface area (Å²) >= 11 is 0. The molecule has 0 fully saturated rings. The predicted molar refractivity (Wildman–Crippen MR) is 113 cm³/mol. The fourth-order valence-corrected chi connectivity index (χ4v) is 4.83. The van der Waals surface area contributed by atoms with Crippen LogP contribution in [0.3, 0.4) is 0 Å². The molecule has 0 saturated carbocycles. The van der Waals surface area contributed by atoms with Crippen LogP contribution in [0.5, 0.6) is 5.75 Å². The number of ether oxygens (including phenoxy) is 1. The lowest BCUT2D eigenvalue weighted by molar-refractivity contribution is 0.112. The summed E-state index contributed by atoms with van der Waals surface area (Å²) in [6.45, 7) is 4.33. The number of aliphatic hydroxyl groups excluding tert-OH is 1. The normalized spacial score (nSPS) is 16.0. The van der Waals surface area contributed by atoms with Gasteiger partial charge < -0.3 is 20.5 Å². The summed E-state index contributed by atoms with van der Waals surface area (Å²) in [6.07, 6.45) is -0.437. The van der Waals surface area contributed by atoms with Crippen LogP contribution in [0.15, 0.2) is 54.6 Å². The van der Waals surface area contributed by atoms with Crippen molar-refractivity contribution in [1.82, 2.24) is 4.67 Å². The molecular formula is C21H31N2O4P. The molecule has 0 aliphatic rings.